The van der Waals surface area contributed by atoms with E-state index in [4.69, 9.17) is 10.2 Å². The highest BCUT2D eigenvalue weighted by molar-refractivity contribution is 5.77. The largest absolute Gasteiger partial charge is 0.481 e. The summed E-state index contributed by atoms with van der Waals surface area (Å²) in [6, 6.07) is 0. The average Bonchev–Trinajstić information content (AvgIpc) is 2.10. The van der Waals surface area contributed by atoms with Crippen LogP contribution in [0.3, 0.4) is 0 Å². The molecule has 0 aliphatic carbocycles. The first-order valence-electron chi connectivity index (χ1n) is 4.97. The summed E-state index contributed by atoms with van der Waals surface area (Å²) < 4.78 is 0. The summed E-state index contributed by atoms with van der Waals surface area (Å²) in [6.07, 6.45) is 2.12. The van der Waals surface area contributed by atoms with Crippen molar-refractivity contribution < 1.29 is 19.8 Å². The molecule has 2 N–H and O–H groups in total. The summed E-state index contributed by atoms with van der Waals surface area (Å²) in [4.78, 5) is 21.3. The van der Waals surface area contributed by atoms with Crippen molar-refractivity contribution >= 4 is 11.9 Å². The van der Waals surface area contributed by atoms with Gasteiger partial charge in [-0.3, -0.25) is 9.59 Å². The van der Waals surface area contributed by atoms with Gasteiger partial charge in [0.15, 0.2) is 0 Å². The Morgan fingerprint density at radius 3 is 2.07 bits per heavy atom. The zero-order chi connectivity index (χ0) is 11.1. The number of carboxylic acids is 2. The summed E-state index contributed by atoms with van der Waals surface area (Å²) in [7, 11) is 0. The van der Waals surface area contributed by atoms with Crippen LogP contribution in [0.2, 0.25) is 0 Å². The fourth-order valence-electron chi connectivity index (χ4n) is 1.70. The van der Waals surface area contributed by atoms with Gasteiger partial charge in [0, 0.05) is 0 Å². The van der Waals surface area contributed by atoms with Gasteiger partial charge in [0.1, 0.15) is 0 Å². The predicted octanol–water partition coefficient (Wildman–Crippen LogP) is 1.99. The van der Waals surface area contributed by atoms with Gasteiger partial charge >= 0.3 is 11.9 Å². The van der Waals surface area contributed by atoms with Crippen LogP contribution in [0, 0.1) is 11.8 Å². The van der Waals surface area contributed by atoms with Crippen LogP contribution >= 0.6 is 0 Å². The van der Waals surface area contributed by atoms with E-state index < -0.39 is 17.9 Å². The molecule has 4 heteroatoms. The lowest BCUT2D eigenvalue weighted by Crippen LogP contribution is -2.26. The number of hydrogen-bond donors (Lipinski definition) is 2. The molecule has 0 aromatic carbocycles. The van der Waals surface area contributed by atoms with E-state index in [2.05, 4.69) is 0 Å². The first-order valence-corrected chi connectivity index (χ1v) is 4.97. The summed E-state index contributed by atoms with van der Waals surface area (Å²) in [5, 5.41) is 17.5. The minimum absolute atomic E-state index is 0.0198. The lowest BCUT2D eigenvalue weighted by Gasteiger charge is -2.20. The zero-order valence-corrected chi connectivity index (χ0v) is 8.69. The maximum absolute atomic E-state index is 10.8. The Bertz CT molecular complexity index is 200. The molecule has 0 spiro atoms. The molecule has 0 saturated carbocycles. The fraction of sp³-hybridized carbons (Fsp3) is 0.800. The molecule has 82 valence electrons. The van der Waals surface area contributed by atoms with Crippen molar-refractivity contribution in [2.75, 3.05) is 0 Å². The van der Waals surface area contributed by atoms with Gasteiger partial charge in [-0.05, 0) is 12.3 Å². The Hall–Kier alpha value is -1.06. The van der Waals surface area contributed by atoms with E-state index in [1.54, 1.807) is 0 Å². The van der Waals surface area contributed by atoms with E-state index in [9.17, 15) is 9.59 Å². The molecule has 0 heterocycles. The third-order valence-electron chi connectivity index (χ3n) is 2.46. The Morgan fingerprint density at radius 2 is 1.79 bits per heavy atom. The molecule has 4 nitrogen and oxygen atoms in total. The number of rotatable bonds is 7. The molecular formula is C10H18O4. The molecule has 0 radical (unpaired) electrons. The molecule has 2 unspecified atom stereocenters. The Balaban J connectivity index is 4.42. The quantitative estimate of drug-likeness (QED) is 0.662. The summed E-state index contributed by atoms with van der Waals surface area (Å²) in [5.41, 5.74) is 0. The van der Waals surface area contributed by atoms with E-state index in [1.807, 2.05) is 13.8 Å². The molecule has 0 aliphatic heterocycles. The van der Waals surface area contributed by atoms with Gasteiger partial charge < -0.3 is 10.2 Å². The molecule has 0 aromatic heterocycles. The van der Waals surface area contributed by atoms with Crippen LogP contribution in [0.4, 0.5) is 0 Å². The minimum atomic E-state index is -1.04. The highest BCUT2D eigenvalue weighted by Gasteiger charge is 2.28. The van der Waals surface area contributed by atoms with Gasteiger partial charge in [-0.25, -0.2) is 0 Å². The van der Waals surface area contributed by atoms with Gasteiger partial charge in [-0.1, -0.05) is 26.7 Å². The van der Waals surface area contributed by atoms with Gasteiger partial charge in [-0.2, -0.15) is 0 Å². The normalized spacial score (nSPS) is 14.7. The molecule has 0 aliphatic rings. The maximum Gasteiger partial charge on any atom is 0.307 e. The highest BCUT2D eigenvalue weighted by atomic mass is 16.4. The predicted molar refractivity (Wildman–Crippen MR) is 52.1 cm³/mol. The summed E-state index contributed by atoms with van der Waals surface area (Å²) >= 11 is 0. The molecule has 14 heavy (non-hydrogen) atoms. The van der Waals surface area contributed by atoms with Crippen LogP contribution in [0.5, 0.6) is 0 Å². The van der Waals surface area contributed by atoms with Crippen molar-refractivity contribution in [1.29, 1.82) is 0 Å². The van der Waals surface area contributed by atoms with Gasteiger partial charge in [0.05, 0.1) is 12.3 Å². The fourth-order valence-corrected chi connectivity index (χ4v) is 1.70. The Morgan fingerprint density at radius 1 is 1.21 bits per heavy atom. The summed E-state index contributed by atoms with van der Waals surface area (Å²) in [5.74, 6) is -2.79. The van der Waals surface area contributed by atoms with Gasteiger partial charge in [-0.15, -0.1) is 0 Å². The standard InChI is InChI=1S/C10H18O4/c1-3-5-7(4-2)8(10(13)14)6-9(11)12/h7-8H,3-6H2,1-2H3,(H,11,12)(H,13,14). The van der Waals surface area contributed by atoms with E-state index in [-0.39, 0.29) is 12.3 Å². The SMILES string of the molecule is CCCC(CC)C(CC(=O)O)C(=O)O. The van der Waals surface area contributed by atoms with Crippen molar-refractivity contribution in [2.24, 2.45) is 11.8 Å². The zero-order valence-electron chi connectivity index (χ0n) is 8.69. The van der Waals surface area contributed by atoms with Crippen LogP contribution in [0.25, 0.3) is 0 Å². The van der Waals surface area contributed by atoms with Crippen molar-refractivity contribution in [3.8, 4) is 0 Å². The maximum atomic E-state index is 10.8. The lowest BCUT2D eigenvalue weighted by atomic mass is 9.84. The molecular weight excluding hydrogens is 184 g/mol. The number of hydrogen-bond acceptors (Lipinski definition) is 2. The molecule has 0 amide bonds. The second-order valence-electron chi connectivity index (χ2n) is 3.50. The lowest BCUT2D eigenvalue weighted by molar-refractivity contribution is -0.150. The minimum Gasteiger partial charge on any atom is -0.481 e. The molecule has 0 aromatic rings. The number of aliphatic carboxylic acids is 2. The molecule has 2 atom stereocenters. The van der Waals surface area contributed by atoms with E-state index >= 15 is 0 Å². The Labute approximate surface area is 83.9 Å². The first kappa shape index (κ1) is 12.9. The van der Waals surface area contributed by atoms with Crippen LogP contribution < -0.4 is 0 Å². The molecule has 0 bridgehead atoms. The van der Waals surface area contributed by atoms with Crippen LogP contribution in [0.15, 0.2) is 0 Å². The number of carbonyl (C=O) groups is 2. The van der Waals surface area contributed by atoms with Crippen molar-refractivity contribution in [2.45, 2.75) is 39.5 Å². The summed E-state index contributed by atoms with van der Waals surface area (Å²) in [6.45, 7) is 3.88. The van der Waals surface area contributed by atoms with Gasteiger partial charge in [0.25, 0.3) is 0 Å². The third-order valence-corrected chi connectivity index (χ3v) is 2.46. The molecule has 0 fully saturated rings. The van der Waals surface area contributed by atoms with Crippen molar-refractivity contribution in [1.82, 2.24) is 0 Å². The monoisotopic (exact) mass is 202 g/mol. The second kappa shape index (κ2) is 6.40. The van der Waals surface area contributed by atoms with Gasteiger partial charge in [0.2, 0.25) is 0 Å². The Kier molecular flexibility index (Phi) is 5.92. The topological polar surface area (TPSA) is 74.6 Å². The van der Waals surface area contributed by atoms with Crippen molar-refractivity contribution in [3.05, 3.63) is 0 Å². The van der Waals surface area contributed by atoms with E-state index in [0.717, 1.165) is 19.3 Å². The second-order valence-corrected chi connectivity index (χ2v) is 3.50. The molecule has 0 saturated heterocycles. The average molecular weight is 202 g/mol. The van der Waals surface area contributed by atoms with Crippen LogP contribution in [-0.2, 0) is 9.59 Å². The highest BCUT2D eigenvalue weighted by Crippen LogP contribution is 2.24. The molecule has 0 rings (SSSR count). The van der Waals surface area contributed by atoms with Crippen LogP contribution in [0.1, 0.15) is 39.5 Å². The third kappa shape index (κ3) is 4.25. The van der Waals surface area contributed by atoms with E-state index in [0.29, 0.717) is 0 Å². The van der Waals surface area contributed by atoms with Crippen LogP contribution in [-0.4, -0.2) is 22.2 Å². The number of carboxylic acid groups (broad SMARTS) is 2. The smallest absolute Gasteiger partial charge is 0.307 e. The van der Waals surface area contributed by atoms with E-state index in [1.165, 1.54) is 0 Å². The first-order chi connectivity index (χ1) is 6.52. The van der Waals surface area contributed by atoms with Crippen molar-refractivity contribution in [3.63, 3.8) is 0 Å².